The third kappa shape index (κ3) is 6.91. The minimum absolute atomic E-state index is 0.0269. The van der Waals surface area contributed by atoms with E-state index in [1.807, 2.05) is 4.90 Å². The zero-order valence-electron chi connectivity index (χ0n) is 22.4. The molecule has 3 aromatic rings. The molecule has 0 spiro atoms. The van der Waals surface area contributed by atoms with Crippen molar-refractivity contribution in [3.05, 3.63) is 82.4 Å². The van der Waals surface area contributed by atoms with Gasteiger partial charge in [0, 0.05) is 42.5 Å². The maximum atomic E-state index is 13.6. The van der Waals surface area contributed by atoms with Crippen molar-refractivity contribution >= 4 is 39.2 Å². The average Bonchev–Trinajstić information content (AvgIpc) is 3.00. The van der Waals surface area contributed by atoms with E-state index in [2.05, 4.69) is 10.5 Å². The summed E-state index contributed by atoms with van der Waals surface area (Å²) in [6, 6.07) is 16.6. The number of nitrogens with one attached hydrogen (secondary N) is 1. The highest BCUT2D eigenvalue weighted by atomic mass is 32.2. The summed E-state index contributed by atoms with van der Waals surface area (Å²) in [5.41, 5.74) is 3.41. The molecule has 1 aliphatic rings. The number of methoxy groups -OCH3 is 2. The van der Waals surface area contributed by atoms with Gasteiger partial charge in [-0.3, -0.25) is 19.2 Å². The summed E-state index contributed by atoms with van der Waals surface area (Å²) < 4.78 is 44.2. The second-order valence-corrected chi connectivity index (χ2v) is 10.6. The van der Waals surface area contributed by atoms with Gasteiger partial charge in [0.15, 0.2) is 0 Å². The first-order chi connectivity index (χ1) is 19.7. The number of nitro groups is 1. The highest BCUT2D eigenvalue weighted by molar-refractivity contribution is 7.92. The maximum Gasteiger partial charge on any atom is 0.270 e. The van der Waals surface area contributed by atoms with Gasteiger partial charge < -0.3 is 19.1 Å². The molecule has 0 unspecified atom stereocenters. The van der Waals surface area contributed by atoms with Gasteiger partial charge in [-0.15, -0.1) is 0 Å². The SMILES string of the molecule is COc1ccc(N(CC(=O)N/N=C/c2cc([N+](=O)[O-])ccc2N2CCOCC2)S(=O)(=O)c2ccccc2)c(OC)c1. The van der Waals surface area contributed by atoms with Crippen LogP contribution in [0.2, 0.25) is 0 Å². The van der Waals surface area contributed by atoms with Gasteiger partial charge in [0.05, 0.1) is 49.2 Å². The van der Waals surface area contributed by atoms with Crippen LogP contribution in [0.25, 0.3) is 0 Å². The Bertz CT molecular complexity index is 1530. The number of hydrogen-bond donors (Lipinski definition) is 1. The summed E-state index contributed by atoms with van der Waals surface area (Å²) in [4.78, 5) is 25.9. The Hall–Kier alpha value is -4.69. The van der Waals surface area contributed by atoms with Crippen LogP contribution in [0, 0.1) is 10.1 Å². The zero-order chi connectivity index (χ0) is 29.4. The number of morpholine rings is 1. The fourth-order valence-electron chi connectivity index (χ4n) is 4.20. The second kappa shape index (κ2) is 13.1. The van der Waals surface area contributed by atoms with Crippen LogP contribution < -0.4 is 24.1 Å². The maximum absolute atomic E-state index is 13.6. The van der Waals surface area contributed by atoms with Gasteiger partial charge >= 0.3 is 0 Å². The van der Waals surface area contributed by atoms with Gasteiger partial charge in [-0.25, -0.2) is 13.8 Å². The minimum Gasteiger partial charge on any atom is -0.497 e. The lowest BCUT2D eigenvalue weighted by molar-refractivity contribution is -0.384. The number of ether oxygens (including phenoxy) is 3. The van der Waals surface area contributed by atoms with E-state index < -0.39 is 27.4 Å². The molecule has 0 atom stereocenters. The Morgan fingerprint density at radius 2 is 1.83 bits per heavy atom. The molecule has 0 bridgehead atoms. The van der Waals surface area contributed by atoms with Crippen molar-refractivity contribution in [3.8, 4) is 11.5 Å². The number of hydrogen-bond acceptors (Lipinski definition) is 10. The number of rotatable bonds is 11. The molecule has 14 heteroatoms. The van der Waals surface area contributed by atoms with E-state index in [4.69, 9.17) is 14.2 Å². The van der Waals surface area contributed by atoms with Crippen LogP contribution in [0.15, 0.2) is 76.7 Å². The van der Waals surface area contributed by atoms with Crippen LogP contribution in [-0.2, 0) is 19.6 Å². The number of nitro benzene ring substituents is 1. The van der Waals surface area contributed by atoms with Gasteiger partial charge in [0.2, 0.25) is 0 Å². The van der Waals surface area contributed by atoms with Crippen LogP contribution in [0.5, 0.6) is 11.5 Å². The molecule has 4 rings (SSSR count). The molecular weight excluding hydrogens is 554 g/mol. The fraction of sp³-hybridized carbons (Fsp3) is 0.259. The molecule has 1 aliphatic heterocycles. The number of benzene rings is 3. The minimum atomic E-state index is -4.21. The lowest BCUT2D eigenvalue weighted by Gasteiger charge is -2.29. The Kier molecular flexibility index (Phi) is 9.37. The molecule has 1 heterocycles. The summed E-state index contributed by atoms with van der Waals surface area (Å²) in [6.45, 7) is 1.54. The third-order valence-electron chi connectivity index (χ3n) is 6.24. The lowest BCUT2D eigenvalue weighted by atomic mass is 10.1. The molecule has 0 aliphatic carbocycles. The summed E-state index contributed by atoms with van der Waals surface area (Å²) in [5.74, 6) is -0.145. The van der Waals surface area contributed by atoms with Gasteiger partial charge in [-0.1, -0.05) is 18.2 Å². The van der Waals surface area contributed by atoms with Crippen LogP contribution >= 0.6 is 0 Å². The summed E-state index contributed by atoms with van der Waals surface area (Å²) in [6.07, 6.45) is 1.29. The summed E-state index contributed by atoms with van der Waals surface area (Å²) in [5, 5.41) is 15.4. The number of hydrazone groups is 1. The largest absolute Gasteiger partial charge is 0.497 e. The molecule has 0 radical (unpaired) electrons. The van der Waals surface area contributed by atoms with E-state index in [0.717, 1.165) is 4.31 Å². The Balaban J connectivity index is 1.62. The first-order valence-electron chi connectivity index (χ1n) is 12.5. The molecule has 216 valence electrons. The summed E-state index contributed by atoms with van der Waals surface area (Å²) >= 11 is 0. The predicted octanol–water partition coefficient (Wildman–Crippen LogP) is 2.79. The molecule has 0 aromatic heterocycles. The molecule has 41 heavy (non-hydrogen) atoms. The number of amides is 1. The number of carbonyl (C=O) groups is 1. The Labute approximate surface area is 237 Å². The lowest BCUT2D eigenvalue weighted by Crippen LogP contribution is -2.39. The van der Waals surface area contributed by atoms with Crippen molar-refractivity contribution in [2.24, 2.45) is 5.10 Å². The standard InChI is InChI=1S/C27H29N5O8S/c1-38-22-9-11-25(26(17-22)39-2)31(41(36,37)23-6-4-3-5-7-23)19-27(33)29-28-18-20-16-21(32(34)35)8-10-24(20)30-12-14-40-15-13-30/h3-11,16-18H,12-15,19H2,1-2H3,(H,29,33)/b28-18+. The zero-order valence-corrected chi connectivity index (χ0v) is 23.2. The molecule has 1 N–H and O–H groups in total. The van der Waals surface area contributed by atoms with Crippen molar-refractivity contribution in [2.75, 3.05) is 56.3 Å². The van der Waals surface area contributed by atoms with Crippen molar-refractivity contribution in [1.29, 1.82) is 0 Å². The predicted molar refractivity (Wildman–Crippen MR) is 152 cm³/mol. The molecule has 0 saturated carbocycles. The van der Waals surface area contributed by atoms with Crippen molar-refractivity contribution in [2.45, 2.75) is 4.90 Å². The number of nitrogens with zero attached hydrogens (tertiary/aromatic N) is 4. The van der Waals surface area contributed by atoms with Gasteiger partial charge in [-0.05, 0) is 30.3 Å². The van der Waals surface area contributed by atoms with E-state index in [1.165, 1.54) is 56.8 Å². The highest BCUT2D eigenvalue weighted by Crippen LogP contribution is 2.35. The van der Waals surface area contributed by atoms with Crippen molar-refractivity contribution < 1.29 is 32.3 Å². The van der Waals surface area contributed by atoms with E-state index in [-0.39, 0.29) is 22.0 Å². The summed E-state index contributed by atoms with van der Waals surface area (Å²) in [7, 11) is -1.37. The smallest absolute Gasteiger partial charge is 0.270 e. The Morgan fingerprint density at radius 1 is 1.10 bits per heavy atom. The van der Waals surface area contributed by atoms with Gasteiger partial charge in [-0.2, -0.15) is 5.10 Å². The first kappa shape index (κ1) is 29.3. The first-order valence-corrected chi connectivity index (χ1v) is 13.9. The van der Waals surface area contributed by atoms with E-state index in [0.29, 0.717) is 43.3 Å². The van der Waals surface area contributed by atoms with Crippen LogP contribution in [0.4, 0.5) is 17.1 Å². The number of anilines is 2. The number of carbonyl (C=O) groups excluding carboxylic acids is 1. The fourth-order valence-corrected chi connectivity index (χ4v) is 5.65. The van der Waals surface area contributed by atoms with E-state index in [1.54, 1.807) is 30.3 Å². The molecule has 1 amide bonds. The van der Waals surface area contributed by atoms with Crippen LogP contribution in [-0.4, -0.2) is 72.5 Å². The third-order valence-corrected chi connectivity index (χ3v) is 8.01. The highest BCUT2D eigenvalue weighted by Gasteiger charge is 2.29. The monoisotopic (exact) mass is 583 g/mol. The van der Waals surface area contributed by atoms with Gasteiger partial charge in [0.1, 0.15) is 18.0 Å². The normalized spacial score (nSPS) is 13.6. The van der Waals surface area contributed by atoms with Gasteiger partial charge in [0.25, 0.3) is 21.6 Å². The van der Waals surface area contributed by atoms with E-state index in [9.17, 15) is 23.3 Å². The molecular formula is C27H29N5O8S. The second-order valence-electron chi connectivity index (χ2n) is 8.76. The van der Waals surface area contributed by atoms with Crippen molar-refractivity contribution in [1.82, 2.24) is 5.43 Å². The topological polar surface area (TPSA) is 153 Å². The molecule has 1 fully saturated rings. The average molecular weight is 584 g/mol. The number of sulfonamides is 1. The molecule has 1 saturated heterocycles. The number of non-ortho nitro benzene ring substituents is 1. The van der Waals surface area contributed by atoms with Crippen molar-refractivity contribution in [3.63, 3.8) is 0 Å². The van der Waals surface area contributed by atoms with E-state index >= 15 is 0 Å². The van der Waals surface area contributed by atoms with Crippen LogP contribution in [0.1, 0.15) is 5.56 Å². The Morgan fingerprint density at radius 3 is 2.49 bits per heavy atom. The molecule has 3 aromatic carbocycles. The van der Waals surface area contributed by atoms with Crippen LogP contribution in [0.3, 0.4) is 0 Å². The molecule has 13 nitrogen and oxygen atoms in total. The quantitative estimate of drug-likeness (QED) is 0.204.